The number of rotatable bonds is 2. The Morgan fingerprint density at radius 1 is 0.679 bits per heavy atom. The van der Waals surface area contributed by atoms with E-state index in [1.165, 1.54) is 3.40 Å². The van der Waals surface area contributed by atoms with E-state index in [0.29, 0.717) is 134 Å². The minimum absolute atomic E-state index is 0.0576. The maximum atomic E-state index is 13.5. The zero-order chi connectivity index (χ0) is 36.4. The minimum atomic E-state index is -0.880. The number of hydrogen-bond acceptors (Lipinski definition) is 13. The Morgan fingerprint density at radius 2 is 1.15 bits per heavy atom. The molecular formula is C37H45N2O12Te2+. The monoisotopic (exact) mass is 969 g/mol. The molecule has 4 heterocycles. The first-order valence-corrected chi connectivity index (χ1v) is 22.4. The fraction of sp³-hybridized carbons (Fsp3) is 0.514. The summed E-state index contributed by atoms with van der Waals surface area (Å²) in [7, 11) is 1.99. The number of ketones is 1. The normalized spacial score (nSPS) is 24.3. The molecular weight excluding hydrogens is 920 g/mol. The molecule has 53 heavy (non-hydrogen) atoms. The number of hydrogen-bond donors (Lipinski definition) is 2. The van der Waals surface area contributed by atoms with Crippen LogP contribution < -0.4 is 32.4 Å². The Balaban J connectivity index is 1.03. The Bertz CT molecular complexity index is 1750. The van der Waals surface area contributed by atoms with Gasteiger partial charge in [0.05, 0.1) is 0 Å². The van der Waals surface area contributed by atoms with E-state index < -0.39 is 53.4 Å². The number of carbonyl (C=O) groups excluding carboxylic acids is 1. The molecule has 4 aliphatic rings. The summed E-state index contributed by atoms with van der Waals surface area (Å²) in [5, 5.41) is 14.7. The SMILES string of the molecule is C[n+]1c(/C=C2\C(=O)C(/C=C3\Nc4cc5c(cc4[Te]3)OCCOCCOCCOCCO5)C2O)[te]c2cc3c(cc21)OCCOCCOCCOCCO3. The Labute approximate surface area is 327 Å². The predicted octanol–water partition coefficient (Wildman–Crippen LogP) is 0.603. The van der Waals surface area contributed by atoms with Crippen LogP contribution >= 0.6 is 0 Å². The van der Waals surface area contributed by atoms with Crippen molar-refractivity contribution in [1.82, 2.24) is 0 Å². The zero-order valence-electron chi connectivity index (χ0n) is 29.6. The first-order valence-electron chi connectivity index (χ1n) is 17.8. The Morgan fingerprint density at radius 3 is 1.68 bits per heavy atom. The summed E-state index contributed by atoms with van der Waals surface area (Å²) in [4.78, 5) is 13.5. The van der Waals surface area contributed by atoms with E-state index >= 15 is 0 Å². The van der Waals surface area contributed by atoms with Crippen LogP contribution in [-0.2, 0) is 40.3 Å². The van der Waals surface area contributed by atoms with E-state index in [-0.39, 0.29) is 5.78 Å². The molecule has 14 nitrogen and oxygen atoms in total. The van der Waals surface area contributed by atoms with Crippen molar-refractivity contribution >= 4 is 71.4 Å². The van der Waals surface area contributed by atoms with Gasteiger partial charge in [-0.15, -0.1) is 0 Å². The van der Waals surface area contributed by atoms with Crippen LogP contribution in [0.2, 0.25) is 0 Å². The van der Waals surface area contributed by atoms with Gasteiger partial charge >= 0.3 is 330 Å². The van der Waals surface area contributed by atoms with Crippen molar-refractivity contribution < 1.29 is 61.8 Å². The number of carbonyl (C=O) groups is 1. The Hall–Kier alpha value is -2.44. The second-order valence-electron chi connectivity index (χ2n) is 12.3. The molecule has 3 aromatic rings. The fourth-order valence-corrected chi connectivity index (χ4v) is 12.0. The molecule has 2 unspecified atom stereocenters. The van der Waals surface area contributed by atoms with Crippen molar-refractivity contribution in [2.24, 2.45) is 13.0 Å². The van der Waals surface area contributed by atoms with Gasteiger partial charge in [0, 0.05) is 0 Å². The average molecular weight is 965 g/mol. The van der Waals surface area contributed by atoms with Crippen LogP contribution in [0, 0.1) is 5.92 Å². The number of aliphatic hydroxyl groups excluding tert-OH is 1. The van der Waals surface area contributed by atoms with Gasteiger partial charge in [-0.1, -0.05) is 0 Å². The summed E-state index contributed by atoms with van der Waals surface area (Å²) in [6.45, 7) is 7.24. The van der Waals surface area contributed by atoms with Gasteiger partial charge in [0.2, 0.25) is 0 Å². The van der Waals surface area contributed by atoms with Crippen LogP contribution in [0.4, 0.5) is 5.69 Å². The van der Waals surface area contributed by atoms with Crippen LogP contribution in [0.5, 0.6) is 23.0 Å². The van der Waals surface area contributed by atoms with Crippen LogP contribution in [0.15, 0.2) is 39.7 Å². The predicted molar refractivity (Wildman–Crippen MR) is 195 cm³/mol. The molecule has 16 heteroatoms. The summed E-state index contributed by atoms with van der Waals surface area (Å²) < 4.78 is 64.2. The summed E-state index contributed by atoms with van der Waals surface area (Å²) in [5.41, 5.74) is 2.39. The zero-order valence-corrected chi connectivity index (χ0v) is 34.3. The van der Waals surface area contributed by atoms with Gasteiger partial charge in [-0.3, -0.25) is 0 Å². The second kappa shape index (κ2) is 19.4. The Kier molecular flexibility index (Phi) is 14.2. The van der Waals surface area contributed by atoms with Crippen molar-refractivity contribution in [3.05, 3.63) is 43.4 Å². The standard InChI is InChI=1S/C37H45N2O12Te2/c1-39-27-21-29-31(51-17-13-47-9-5-43-3-7-45-11-15-49-29)23-33(27)53-35(39)19-25-36(40)24(37(25)41)18-34-38-26-20-28-30(22-32(26)52-34)50-16-12-46-8-4-42-2-6-44-10-14-48-28/h18-24,36,38,40H,2-17H2,1H3/q+1/b25-19-,34-18+. The third-order valence-electron chi connectivity index (χ3n) is 8.74. The van der Waals surface area contributed by atoms with E-state index in [1.54, 1.807) is 0 Å². The molecule has 0 saturated heterocycles. The molecule has 2 N–H and O–H groups in total. The number of aryl methyl sites for hydroxylation is 1. The molecule has 1 aromatic heterocycles. The molecule has 2 atom stereocenters. The number of nitrogens with one attached hydrogen (secondary N) is 1. The first kappa shape index (κ1) is 38.8. The van der Waals surface area contributed by atoms with Gasteiger partial charge in [-0.05, 0) is 0 Å². The van der Waals surface area contributed by atoms with Crippen molar-refractivity contribution in [2.45, 2.75) is 6.10 Å². The second-order valence-corrected chi connectivity index (χ2v) is 18.4. The van der Waals surface area contributed by atoms with E-state index in [2.05, 4.69) is 9.88 Å². The molecule has 0 spiro atoms. The van der Waals surface area contributed by atoms with Gasteiger partial charge in [-0.25, -0.2) is 0 Å². The third kappa shape index (κ3) is 10.1. The number of aromatic nitrogens is 1. The molecule has 286 valence electrons. The van der Waals surface area contributed by atoms with Gasteiger partial charge in [-0.2, -0.15) is 0 Å². The molecule has 0 radical (unpaired) electrons. The average Bonchev–Trinajstić information content (AvgIpc) is 3.69. The molecule has 1 aliphatic carbocycles. The number of aliphatic hydroxyl groups is 1. The summed E-state index contributed by atoms with van der Waals surface area (Å²) in [6.07, 6.45) is 2.91. The molecule has 1 fully saturated rings. The molecule has 0 bridgehead atoms. The topological polar surface area (TPSA) is 146 Å². The van der Waals surface area contributed by atoms with E-state index in [9.17, 15) is 9.90 Å². The number of ether oxygens (including phenoxy) is 10. The number of fused-ring (bicyclic) bond motifs is 4. The van der Waals surface area contributed by atoms with Crippen LogP contribution in [0.3, 0.4) is 0 Å². The van der Waals surface area contributed by atoms with Crippen LogP contribution in [0.25, 0.3) is 15.0 Å². The quantitative estimate of drug-likeness (QED) is 0.211. The molecule has 1 saturated carbocycles. The van der Waals surface area contributed by atoms with Crippen molar-refractivity contribution in [3.63, 3.8) is 0 Å². The fourth-order valence-electron chi connectivity index (χ4n) is 5.95. The number of anilines is 1. The maximum absolute atomic E-state index is 13.5. The molecule has 7 rings (SSSR count). The van der Waals surface area contributed by atoms with Gasteiger partial charge in [0.1, 0.15) is 0 Å². The van der Waals surface area contributed by atoms with Crippen LogP contribution in [-0.4, -0.2) is 164 Å². The van der Waals surface area contributed by atoms with Gasteiger partial charge < -0.3 is 0 Å². The number of Topliss-reactive ketones (excluding diaryl/α,β-unsaturated/α-hetero) is 1. The van der Waals surface area contributed by atoms with Crippen molar-refractivity contribution in [3.8, 4) is 23.0 Å². The van der Waals surface area contributed by atoms with Gasteiger partial charge in [0.25, 0.3) is 0 Å². The number of nitrogens with zero attached hydrogens (tertiary/aromatic N) is 1. The summed E-state index contributed by atoms with van der Waals surface area (Å²) in [6, 6.07) is 8.00. The van der Waals surface area contributed by atoms with E-state index in [1.807, 2.05) is 43.5 Å². The summed E-state index contributed by atoms with van der Waals surface area (Å²) in [5.74, 6) is 1.91. The number of benzene rings is 2. The molecule has 0 amide bonds. The van der Waals surface area contributed by atoms with E-state index in [0.717, 1.165) is 22.3 Å². The van der Waals surface area contributed by atoms with E-state index in [4.69, 9.17) is 47.4 Å². The first-order chi connectivity index (χ1) is 26.0. The molecule has 3 aliphatic heterocycles. The third-order valence-corrected chi connectivity index (χ3v) is 14.9. The summed E-state index contributed by atoms with van der Waals surface area (Å²) >= 11 is -1.72. The van der Waals surface area contributed by atoms with Crippen molar-refractivity contribution in [1.29, 1.82) is 0 Å². The van der Waals surface area contributed by atoms with Gasteiger partial charge in [0.15, 0.2) is 0 Å². The van der Waals surface area contributed by atoms with Crippen molar-refractivity contribution in [2.75, 3.05) is 111 Å². The van der Waals surface area contributed by atoms with Crippen LogP contribution in [0.1, 0.15) is 3.71 Å². The molecule has 2 aromatic carbocycles.